The van der Waals surface area contributed by atoms with E-state index in [9.17, 15) is 4.39 Å². The Labute approximate surface area is 128 Å². The first-order valence-electron chi connectivity index (χ1n) is 5.66. The smallest absolute Gasteiger partial charge is 0.141 e. The molecular weight excluding hydrogens is 377 g/mol. The van der Waals surface area contributed by atoms with Gasteiger partial charge in [0.1, 0.15) is 17.3 Å². The van der Waals surface area contributed by atoms with E-state index in [1.807, 2.05) is 12.1 Å². The normalized spacial score (nSPS) is 12.3. The maximum Gasteiger partial charge on any atom is 0.141 e. The van der Waals surface area contributed by atoms with E-state index in [4.69, 9.17) is 10.5 Å². The van der Waals surface area contributed by atoms with Crippen molar-refractivity contribution in [2.75, 3.05) is 0 Å². The number of benzene rings is 2. The third kappa shape index (κ3) is 3.35. The highest BCUT2D eigenvalue weighted by Crippen LogP contribution is 2.35. The van der Waals surface area contributed by atoms with Crippen LogP contribution in [0.5, 0.6) is 11.5 Å². The Kier molecular flexibility index (Phi) is 4.60. The monoisotopic (exact) mass is 387 g/mol. The van der Waals surface area contributed by atoms with Crippen LogP contribution in [0, 0.1) is 5.82 Å². The van der Waals surface area contributed by atoms with Crippen LogP contribution in [0.1, 0.15) is 18.5 Å². The molecule has 2 nitrogen and oxygen atoms in total. The van der Waals surface area contributed by atoms with Crippen molar-refractivity contribution >= 4 is 31.9 Å². The minimum absolute atomic E-state index is 0.360. The van der Waals surface area contributed by atoms with Gasteiger partial charge in [-0.1, -0.05) is 22.0 Å². The molecule has 0 unspecified atom stereocenters. The Hall–Kier alpha value is -0.910. The van der Waals surface area contributed by atoms with Crippen LogP contribution in [-0.2, 0) is 0 Å². The van der Waals surface area contributed by atoms with Gasteiger partial charge in [0, 0.05) is 16.1 Å². The first-order valence-corrected chi connectivity index (χ1v) is 7.24. The molecule has 0 saturated heterocycles. The average molecular weight is 389 g/mol. The molecule has 0 aromatic heterocycles. The summed E-state index contributed by atoms with van der Waals surface area (Å²) in [5.41, 5.74) is 6.16. The number of hydrogen-bond donors (Lipinski definition) is 1. The Bertz CT molecular complexity index is 602. The van der Waals surface area contributed by atoms with E-state index in [0.717, 1.165) is 8.95 Å². The van der Waals surface area contributed by atoms with Gasteiger partial charge in [-0.15, -0.1) is 0 Å². The summed E-state index contributed by atoms with van der Waals surface area (Å²) >= 11 is 6.77. The van der Waals surface area contributed by atoms with Crippen molar-refractivity contribution in [1.82, 2.24) is 0 Å². The minimum atomic E-state index is -0.439. The minimum Gasteiger partial charge on any atom is -0.456 e. The van der Waals surface area contributed by atoms with E-state index >= 15 is 0 Å². The lowest BCUT2D eigenvalue weighted by Gasteiger charge is -2.15. The van der Waals surface area contributed by atoms with Crippen LogP contribution in [0.15, 0.2) is 45.3 Å². The van der Waals surface area contributed by atoms with Crippen molar-refractivity contribution in [3.8, 4) is 11.5 Å². The maximum atomic E-state index is 13.8. The van der Waals surface area contributed by atoms with Crippen LogP contribution >= 0.6 is 31.9 Å². The summed E-state index contributed by atoms with van der Waals surface area (Å²) < 4.78 is 21.2. The summed E-state index contributed by atoms with van der Waals surface area (Å²) in [5, 5.41) is 0. The number of ether oxygens (including phenoxy) is 1. The standard InChI is InChI=1S/C14H12Br2FNO/c1-8(18)14-11(17)3-2-4-13(14)19-12-6-5-9(15)7-10(12)16/h2-8H,18H2,1H3/t8-/m1/s1. The predicted molar refractivity (Wildman–Crippen MR) is 80.9 cm³/mol. The number of halogens is 3. The fourth-order valence-electron chi connectivity index (χ4n) is 1.72. The van der Waals surface area contributed by atoms with E-state index in [1.54, 1.807) is 25.1 Å². The van der Waals surface area contributed by atoms with Crippen LogP contribution in [0.3, 0.4) is 0 Å². The summed E-state index contributed by atoms with van der Waals surface area (Å²) in [6.07, 6.45) is 0. The van der Waals surface area contributed by atoms with E-state index < -0.39 is 6.04 Å². The number of nitrogens with two attached hydrogens (primary N) is 1. The van der Waals surface area contributed by atoms with Crippen molar-refractivity contribution in [2.45, 2.75) is 13.0 Å². The van der Waals surface area contributed by atoms with Gasteiger partial charge in [0.05, 0.1) is 4.47 Å². The van der Waals surface area contributed by atoms with Crippen LogP contribution in [0.25, 0.3) is 0 Å². The molecule has 0 radical (unpaired) electrons. The van der Waals surface area contributed by atoms with E-state index in [1.165, 1.54) is 6.07 Å². The highest BCUT2D eigenvalue weighted by Gasteiger charge is 2.15. The highest BCUT2D eigenvalue weighted by molar-refractivity contribution is 9.11. The number of hydrogen-bond acceptors (Lipinski definition) is 2. The van der Waals surface area contributed by atoms with E-state index in [0.29, 0.717) is 17.1 Å². The Morgan fingerprint density at radius 2 is 1.89 bits per heavy atom. The molecule has 2 aromatic rings. The maximum absolute atomic E-state index is 13.8. The summed E-state index contributed by atoms with van der Waals surface area (Å²) in [4.78, 5) is 0. The molecule has 0 aliphatic heterocycles. The molecule has 0 fully saturated rings. The first-order chi connectivity index (χ1) is 8.99. The zero-order valence-corrected chi connectivity index (χ0v) is 13.3. The van der Waals surface area contributed by atoms with Gasteiger partial charge in [-0.25, -0.2) is 4.39 Å². The van der Waals surface area contributed by atoms with Crippen molar-refractivity contribution < 1.29 is 9.13 Å². The van der Waals surface area contributed by atoms with E-state index in [2.05, 4.69) is 31.9 Å². The van der Waals surface area contributed by atoms with Gasteiger partial charge < -0.3 is 10.5 Å². The summed E-state index contributed by atoms with van der Waals surface area (Å²) in [7, 11) is 0. The second-order valence-electron chi connectivity index (χ2n) is 4.12. The van der Waals surface area contributed by atoms with Gasteiger partial charge in [-0.2, -0.15) is 0 Å². The summed E-state index contributed by atoms with van der Waals surface area (Å²) in [5.74, 6) is 0.675. The molecule has 0 bridgehead atoms. The molecule has 0 aliphatic rings. The zero-order chi connectivity index (χ0) is 14.0. The Morgan fingerprint density at radius 1 is 1.16 bits per heavy atom. The molecule has 2 aromatic carbocycles. The predicted octanol–water partition coefficient (Wildman–Crippen LogP) is 5.16. The second kappa shape index (κ2) is 6.03. The van der Waals surface area contributed by atoms with Crippen molar-refractivity contribution in [3.63, 3.8) is 0 Å². The van der Waals surface area contributed by atoms with E-state index in [-0.39, 0.29) is 5.82 Å². The Morgan fingerprint density at radius 3 is 2.53 bits per heavy atom. The second-order valence-corrected chi connectivity index (χ2v) is 5.89. The molecule has 100 valence electrons. The molecule has 0 spiro atoms. The summed E-state index contributed by atoms with van der Waals surface area (Å²) in [6.45, 7) is 1.72. The van der Waals surface area contributed by atoms with Gasteiger partial charge >= 0.3 is 0 Å². The number of rotatable bonds is 3. The van der Waals surface area contributed by atoms with Gasteiger partial charge in [0.15, 0.2) is 0 Å². The fourth-order valence-corrected chi connectivity index (χ4v) is 2.85. The molecule has 5 heteroatoms. The fraction of sp³-hybridized carbons (Fsp3) is 0.143. The molecule has 19 heavy (non-hydrogen) atoms. The molecular formula is C14H12Br2FNO. The van der Waals surface area contributed by atoms with Gasteiger partial charge in [-0.05, 0) is 53.2 Å². The van der Waals surface area contributed by atoms with Crippen LogP contribution in [0.2, 0.25) is 0 Å². The average Bonchev–Trinajstić information content (AvgIpc) is 2.32. The largest absolute Gasteiger partial charge is 0.456 e. The lowest BCUT2D eigenvalue weighted by molar-refractivity contribution is 0.458. The van der Waals surface area contributed by atoms with Gasteiger partial charge in [0.25, 0.3) is 0 Å². The van der Waals surface area contributed by atoms with Crippen molar-refractivity contribution in [3.05, 3.63) is 56.7 Å². The van der Waals surface area contributed by atoms with Crippen LogP contribution in [0.4, 0.5) is 4.39 Å². The summed E-state index contributed by atoms with van der Waals surface area (Å²) in [6, 6.07) is 9.75. The molecule has 0 amide bonds. The third-order valence-electron chi connectivity index (χ3n) is 2.58. The zero-order valence-electron chi connectivity index (χ0n) is 10.2. The van der Waals surface area contributed by atoms with Crippen molar-refractivity contribution in [1.29, 1.82) is 0 Å². The molecule has 1 atom stereocenters. The molecule has 0 heterocycles. The third-order valence-corrected chi connectivity index (χ3v) is 3.70. The molecule has 0 aliphatic carbocycles. The highest BCUT2D eigenvalue weighted by atomic mass is 79.9. The topological polar surface area (TPSA) is 35.2 Å². The van der Waals surface area contributed by atoms with Crippen molar-refractivity contribution in [2.24, 2.45) is 5.73 Å². The lowest BCUT2D eigenvalue weighted by Crippen LogP contribution is -2.09. The lowest BCUT2D eigenvalue weighted by atomic mass is 10.1. The Balaban J connectivity index is 2.41. The first kappa shape index (κ1) is 14.5. The SMILES string of the molecule is C[C@@H](N)c1c(F)cccc1Oc1ccc(Br)cc1Br. The van der Waals surface area contributed by atoms with Crippen LogP contribution in [-0.4, -0.2) is 0 Å². The van der Waals surface area contributed by atoms with Crippen LogP contribution < -0.4 is 10.5 Å². The molecule has 2 N–H and O–H groups in total. The quantitative estimate of drug-likeness (QED) is 0.787. The molecule has 2 rings (SSSR count). The molecule has 0 saturated carbocycles. The van der Waals surface area contributed by atoms with Gasteiger partial charge in [0.2, 0.25) is 0 Å². The van der Waals surface area contributed by atoms with Gasteiger partial charge in [-0.3, -0.25) is 0 Å².